The van der Waals surface area contributed by atoms with Crippen LogP contribution in [-0.2, 0) is 9.47 Å². The maximum Gasteiger partial charge on any atom is 0.343 e. The third kappa shape index (κ3) is 3.15. The van der Waals surface area contributed by atoms with Crippen molar-refractivity contribution in [2.45, 2.75) is 13.2 Å². The van der Waals surface area contributed by atoms with Gasteiger partial charge in [0, 0.05) is 18.9 Å². The molecule has 1 unspecified atom stereocenters. The van der Waals surface area contributed by atoms with Gasteiger partial charge in [-0.2, -0.15) is 5.10 Å². The number of rotatable bonds is 4. The van der Waals surface area contributed by atoms with Gasteiger partial charge in [0.05, 0.1) is 36.9 Å². The van der Waals surface area contributed by atoms with E-state index in [-0.39, 0.29) is 6.23 Å². The van der Waals surface area contributed by atoms with Crippen LogP contribution in [0.1, 0.15) is 17.3 Å². The molecule has 0 bridgehead atoms. The molecule has 0 saturated carbocycles. The molecule has 3 heterocycles. The average molecular weight is 302 g/mol. The van der Waals surface area contributed by atoms with E-state index in [1.165, 1.54) is 6.20 Å². The fourth-order valence-electron chi connectivity index (χ4n) is 2.34. The largest absolute Gasteiger partial charge is 0.440 e. The molecule has 22 heavy (non-hydrogen) atoms. The van der Waals surface area contributed by atoms with E-state index in [4.69, 9.17) is 9.47 Å². The third-order valence-corrected chi connectivity index (χ3v) is 3.57. The van der Waals surface area contributed by atoms with Crippen LogP contribution in [0.4, 0.5) is 0 Å². The Bertz CT molecular complexity index is 629. The lowest BCUT2D eigenvalue weighted by atomic mass is 10.3. The van der Waals surface area contributed by atoms with Crippen LogP contribution in [0.25, 0.3) is 5.69 Å². The fraction of sp³-hybridized carbons (Fsp3) is 0.400. The first-order valence-corrected chi connectivity index (χ1v) is 7.26. The van der Waals surface area contributed by atoms with E-state index < -0.39 is 5.97 Å². The molecule has 2 aromatic heterocycles. The number of morpholine rings is 1. The fourth-order valence-corrected chi connectivity index (χ4v) is 2.34. The quantitative estimate of drug-likeness (QED) is 0.788. The van der Waals surface area contributed by atoms with Gasteiger partial charge in [0.25, 0.3) is 0 Å². The normalized spacial score (nSPS) is 19.0. The van der Waals surface area contributed by atoms with Gasteiger partial charge in [0.1, 0.15) is 0 Å². The van der Waals surface area contributed by atoms with Gasteiger partial charge in [0.2, 0.25) is 0 Å². The Morgan fingerprint density at radius 3 is 3.18 bits per heavy atom. The average Bonchev–Trinajstić information content (AvgIpc) is 3.06. The molecule has 3 rings (SSSR count). The van der Waals surface area contributed by atoms with Crippen LogP contribution >= 0.6 is 0 Å². The van der Waals surface area contributed by atoms with Crippen molar-refractivity contribution < 1.29 is 14.3 Å². The number of hydrogen-bond donors (Lipinski definition) is 0. The van der Waals surface area contributed by atoms with Gasteiger partial charge in [-0.3, -0.25) is 9.88 Å². The molecule has 0 aliphatic carbocycles. The van der Waals surface area contributed by atoms with Gasteiger partial charge in [0.15, 0.2) is 6.23 Å². The number of nitrogens with zero attached hydrogens (tertiary/aromatic N) is 4. The highest BCUT2D eigenvalue weighted by atomic mass is 16.6. The van der Waals surface area contributed by atoms with Crippen molar-refractivity contribution >= 4 is 5.97 Å². The second-order valence-corrected chi connectivity index (χ2v) is 4.95. The summed E-state index contributed by atoms with van der Waals surface area (Å²) in [5.41, 5.74) is 1.20. The van der Waals surface area contributed by atoms with E-state index in [0.29, 0.717) is 18.8 Å². The SMILES string of the molecule is CCN1CCOCC1OC(=O)c1cnn(-c2cccnc2)c1. The Labute approximate surface area is 128 Å². The molecule has 1 aliphatic rings. The molecular formula is C15H18N4O3. The minimum atomic E-state index is -0.399. The maximum atomic E-state index is 12.2. The molecule has 0 radical (unpaired) electrons. The summed E-state index contributed by atoms with van der Waals surface area (Å²) in [7, 11) is 0. The Balaban J connectivity index is 1.69. The van der Waals surface area contributed by atoms with E-state index in [0.717, 1.165) is 18.8 Å². The monoisotopic (exact) mass is 302 g/mol. The van der Waals surface area contributed by atoms with Crippen LogP contribution in [0.3, 0.4) is 0 Å². The van der Waals surface area contributed by atoms with Crippen molar-refractivity contribution in [2.24, 2.45) is 0 Å². The second kappa shape index (κ2) is 6.67. The topological polar surface area (TPSA) is 69.5 Å². The first kappa shape index (κ1) is 14.7. The summed E-state index contributed by atoms with van der Waals surface area (Å²) in [4.78, 5) is 18.4. The number of carbonyl (C=O) groups is 1. The minimum Gasteiger partial charge on any atom is -0.440 e. The Morgan fingerprint density at radius 2 is 2.41 bits per heavy atom. The van der Waals surface area contributed by atoms with Gasteiger partial charge < -0.3 is 9.47 Å². The predicted octanol–water partition coefficient (Wildman–Crippen LogP) is 1.10. The van der Waals surface area contributed by atoms with Gasteiger partial charge in [-0.1, -0.05) is 6.92 Å². The number of likely N-dealkylation sites (N-methyl/N-ethyl adjacent to an activating group) is 1. The lowest BCUT2D eigenvalue weighted by molar-refractivity contribution is -0.111. The second-order valence-electron chi connectivity index (χ2n) is 4.95. The van der Waals surface area contributed by atoms with E-state index in [1.807, 2.05) is 19.1 Å². The van der Waals surface area contributed by atoms with Crippen molar-refractivity contribution in [3.8, 4) is 5.69 Å². The molecule has 0 aromatic carbocycles. The van der Waals surface area contributed by atoms with E-state index >= 15 is 0 Å². The molecule has 2 aromatic rings. The highest BCUT2D eigenvalue weighted by Gasteiger charge is 2.26. The number of ether oxygens (including phenoxy) is 2. The summed E-state index contributed by atoms with van der Waals surface area (Å²) in [6.07, 6.45) is 6.16. The van der Waals surface area contributed by atoms with Crippen molar-refractivity contribution in [1.82, 2.24) is 19.7 Å². The van der Waals surface area contributed by atoms with Crippen molar-refractivity contribution in [3.05, 3.63) is 42.5 Å². The lowest BCUT2D eigenvalue weighted by Gasteiger charge is -2.33. The summed E-state index contributed by atoms with van der Waals surface area (Å²) in [6, 6.07) is 3.68. The zero-order valence-electron chi connectivity index (χ0n) is 12.4. The summed E-state index contributed by atoms with van der Waals surface area (Å²) in [5.74, 6) is -0.399. The van der Waals surface area contributed by atoms with Crippen LogP contribution in [0, 0.1) is 0 Å². The zero-order valence-corrected chi connectivity index (χ0v) is 12.4. The molecule has 1 aliphatic heterocycles. The molecule has 7 heteroatoms. The number of carbonyl (C=O) groups excluding carboxylic acids is 1. The van der Waals surface area contributed by atoms with Crippen molar-refractivity contribution in [1.29, 1.82) is 0 Å². The van der Waals surface area contributed by atoms with Gasteiger partial charge in [-0.15, -0.1) is 0 Å². The number of hydrogen-bond acceptors (Lipinski definition) is 6. The minimum absolute atomic E-state index is 0.340. The Morgan fingerprint density at radius 1 is 1.50 bits per heavy atom. The standard InChI is InChI=1S/C15H18N4O3/c1-2-18-6-7-21-11-14(18)22-15(20)12-8-17-19(10-12)13-4-3-5-16-9-13/h3-5,8-10,14H,2,6-7,11H2,1H3. The van der Waals surface area contributed by atoms with Crippen molar-refractivity contribution in [2.75, 3.05) is 26.3 Å². The van der Waals surface area contributed by atoms with Gasteiger partial charge >= 0.3 is 5.97 Å². The van der Waals surface area contributed by atoms with E-state index in [2.05, 4.69) is 15.0 Å². The molecule has 1 saturated heterocycles. The van der Waals surface area contributed by atoms with Crippen LogP contribution in [0.5, 0.6) is 0 Å². The van der Waals surface area contributed by atoms with E-state index in [9.17, 15) is 4.79 Å². The van der Waals surface area contributed by atoms with Crippen LogP contribution in [0.15, 0.2) is 36.9 Å². The Kier molecular flexibility index (Phi) is 4.45. The van der Waals surface area contributed by atoms with Gasteiger partial charge in [-0.25, -0.2) is 9.48 Å². The van der Waals surface area contributed by atoms with Crippen LogP contribution in [0.2, 0.25) is 0 Å². The number of aromatic nitrogens is 3. The molecule has 1 atom stereocenters. The molecule has 116 valence electrons. The molecule has 0 spiro atoms. The van der Waals surface area contributed by atoms with Crippen LogP contribution in [-0.4, -0.2) is 58.2 Å². The summed E-state index contributed by atoms with van der Waals surface area (Å²) >= 11 is 0. The number of pyridine rings is 1. The van der Waals surface area contributed by atoms with Crippen molar-refractivity contribution in [3.63, 3.8) is 0 Å². The molecule has 1 fully saturated rings. The summed E-state index contributed by atoms with van der Waals surface area (Å²) in [6.45, 7) is 4.68. The van der Waals surface area contributed by atoms with Crippen LogP contribution < -0.4 is 0 Å². The highest BCUT2D eigenvalue weighted by molar-refractivity contribution is 5.89. The molecule has 0 N–H and O–H groups in total. The molecule has 7 nitrogen and oxygen atoms in total. The summed E-state index contributed by atoms with van der Waals surface area (Å²) in [5, 5.41) is 4.17. The zero-order chi connectivity index (χ0) is 15.4. The Hall–Kier alpha value is -2.25. The first-order chi connectivity index (χ1) is 10.8. The lowest BCUT2D eigenvalue weighted by Crippen LogP contribution is -2.47. The molecular weight excluding hydrogens is 284 g/mol. The molecule has 0 amide bonds. The predicted molar refractivity (Wildman–Crippen MR) is 78.6 cm³/mol. The highest BCUT2D eigenvalue weighted by Crippen LogP contribution is 2.12. The maximum absolute atomic E-state index is 12.2. The number of esters is 1. The van der Waals surface area contributed by atoms with Gasteiger partial charge in [-0.05, 0) is 18.7 Å². The smallest absolute Gasteiger partial charge is 0.343 e. The first-order valence-electron chi connectivity index (χ1n) is 7.26. The summed E-state index contributed by atoms with van der Waals surface area (Å²) < 4.78 is 12.5. The third-order valence-electron chi connectivity index (χ3n) is 3.57. The van der Waals surface area contributed by atoms with E-state index in [1.54, 1.807) is 23.3 Å².